The van der Waals surface area contributed by atoms with Crippen LogP contribution in [-0.2, 0) is 4.79 Å². The van der Waals surface area contributed by atoms with E-state index in [-0.39, 0.29) is 11.7 Å². The summed E-state index contributed by atoms with van der Waals surface area (Å²) in [5, 5.41) is 5.01. The number of amides is 1. The van der Waals surface area contributed by atoms with Crippen molar-refractivity contribution in [3.63, 3.8) is 0 Å². The largest absolute Gasteiger partial charge is 0.495 e. The van der Waals surface area contributed by atoms with Crippen LogP contribution in [0.5, 0.6) is 5.75 Å². The molecule has 128 valence electrons. The maximum atomic E-state index is 12.2. The SMILES string of the molecule is COc1ccc(NC(=O)CSc2nc(C)nc3ccccc23)cc1Cl. The van der Waals surface area contributed by atoms with E-state index in [2.05, 4.69) is 15.3 Å². The summed E-state index contributed by atoms with van der Waals surface area (Å²) < 4.78 is 5.10. The quantitative estimate of drug-likeness (QED) is 0.532. The molecule has 0 atom stereocenters. The average Bonchev–Trinajstić information content (AvgIpc) is 2.59. The molecule has 7 heteroatoms. The monoisotopic (exact) mass is 373 g/mol. The molecule has 1 heterocycles. The minimum Gasteiger partial charge on any atom is -0.495 e. The van der Waals surface area contributed by atoms with Gasteiger partial charge in [-0.25, -0.2) is 9.97 Å². The van der Waals surface area contributed by atoms with Gasteiger partial charge in [0.15, 0.2) is 0 Å². The lowest BCUT2D eigenvalue weighted by molar-refractivity contribution is -0.113. The summed E-state index contributed by atoms with van der Waals surface area (Å²) in [6, 6.07) is 12.9. The van der Waals surface area contributed by atoms with Gasteiger partial charge in [-0.2, -0.15) is 0 Å². The molecular formula is C18H16ClN3O2S. The smallest absolute Gasteiger partial charge is 0.234 e. The molecule has 0 radical (unpaired) electrons. The fraction of sp³-hybridized carbons (Fsp3) is 0.167. The number of ether oxygens (including phenoxy) is 1. The number of carbonyl (C=O) groups excluding carboxylic acids is 1. The fourth-order valence-electron chi connectivity index (χ4n) is 2.34. The third-order valence-corrected chi connectivity index (χ3v) is 4.74. The molecule has 2 aromatic carbocycles. The van der Waals surface area contributed by atoms with Gasteiger partial charge in [-0.1, -0.05) is 41.6 Å². The number of halogens is 1. The number of anilines is 1. The van der Waals surface area contributed by atoms with E-state index in [9.17, 15) is 4.79 Å². The minimum absolute atomic E-state index is 0.133. The van der Waals surface area contributed by atoms with Gasteiger partial charge in [0.05, 0.1) is 23.4 Å². The molecule has 0 fully saturated rings. The highest BCUT2D eigenvalue weighted by Crippen LogP contribution is 2.28. The number of fused-ring (bicyclic) bond motifs is 1. The van der Waals surface area contributed by atoms with Gasteiger partial charge in [-0.3, -0.25) is 4.79 Å². The van der Waals surface area contributed by atoms with Gasteiger partial charge in [0.1, 0.15) is 16.6 Å². The number of rotatable bonds is 5. The predicted octanol–water partition coefficient (Wildman–Crippen LogP) is 4.33. The number of hydrogen-bond donors (Lipinski definition) is 1. The number of nitrogens with zero attached hydrogens (tertiary/aromatic N) is 2. The van der Waals surface area contributed by atoms with Gasteiger partial charge in [-0.05, 0) is 31.2 Å². The number of para-hydroxylation sites is 1. The second kappa shape index (κ2) is 7.72. The maximum Gasteiger partial charge on any atom is 0.234 e. The topological polar surface area (TPSA) is 64.1 Å². The summed E-state index contributed by atoms with van der Waals surface area (Å²) in [6.07, 6.45) is 0. The van der Waals surface area contributed by atoms with Crippen LogP contribution in [0, 0.1) is 6.92 Å². The van der Waals surface area contributed by atoms with Crippen molar-refractivity contribution in [3.05, 3.63) is 53.3 Å². The molecule has 3 aromatic rings. The molecule has 1 amide bonds. The third kappa shape index (κ3) is 4.21. The molecule has 0 aliphatic heterocycles. The van der Waals surface area contributed by atoms with Crippen LogP contribution in [0.2, 0.25) is 5.02 Å². The van der Waals surface area contributed by atoms with Crippen molar-refractivity contribution in [3.8, 4) is 5.75 Å². The molecule has 0 aliphatic rings. The Morgan fingerprint density at radius 1 is 1.24 bits per heavy atom. The van der Waals surface area contributed by atoms with Crippen molar-refractivity contribution in [2.75, 3.05) is 18.2 Å². The third-order valence-electron chi connectivity index (χ3n) is 3.46. The average molecular weight is 374 g/mol. The zero-order valence-corrected chi connectivity index (χ0v) is 15.3. The molecule has 0 bridgehead atoms. The lowest BCUT2D eigenvalue weighted by Crippen LogP contribution is -2.14. The highest BCUT2D eigenvalue weighted by atomic mass is 35.5. The summed E-state index contributed by atoms with van der Waals surface area (Å²) in [5.74, 6) is 1.36. The molecular weight excluding hydrogens is 358 g/mol. The summed E-state index contributed by atoms with van der Waals surface area (Å²) in [7, 11) is 1.55. The lowest BCUT2D eigenvalue weighted by atomic mass is 10.2. The summed E-state index contributed by atoms with van der Waals surface area (Å²) in [4.78, 5) is 21.1. The van der Waals surface area contributed by atoms with E-state index in [4.69, 9.17) is 16.3 Å². The second-order valence-electron chi connectivity index (χ2n) is 5.28. The second-order valence-corrected chi connectivity index (χ2v) is 6.65. The first-order valence-corrected chi connectivity index (χ1v) is 8.93. The standard InChI is InChI=1S/C18H16ClN3O2S/c1-11-20-15-6-4-3-5-13(15)18(21-11)25-10-17(23)22-12-7-8-16(24-2)14(19)9-12/h3-9H,10H2,1-2H3,(H,22,23). The van der Waals surface area contributed by atoms with E-state index in [0.29, 0.717) is 22.3 Å². The number of hydrogen-bond acceptors (Lipinski definition) is 5. The van der Waals surface area contributed by atoms with E-state index >= 15 is 0 Å². The number of aromatic nitrogens is 2. The number of thioether (sulfide) groups is 1. The van der Waals surface area contributed by atoms with Crippen LogP contribution in [-0.4, -0.2) is 28.7 Å². The minimum atomic E-state index is -0.133. The van der Waals surface area contributed by atoms with Crippen LogP contribution in [0.4, 0.5) is 5.69 Å². The summed E-state index contributed by atoms with van der Waals surface area (Å²) >= 11 is 7.45. The van der Waals surface area contributed by atoms with Gasteiger partial charge in [0, 0.05) is 11.1 Å². The number of methoxy groups -OCH3 is 1. The zero-order chi connectivity index (χ0) is 17.8. The van der Waals surface area contributed by atoms with Crippen molar-refractivity contribution < 1.29 is 9.53 Å². The van der Waals surface area contributed by atoms with Crippen molar-refractivity contribution >= 4 is 45.9 Å². The molecule has 25 heavy (non-hydrogen) atoms. The normalized spacial score (nSPS) is 10.7. The van der Waals surface area contributed by atoms with Crippen LogP contribution in [0.15, 0.2) is 47.5 Å². The molecule has 0 saturated carbocycles. The molecule has 0 saturated heterocycles. The predicted molar refractivity (Wildman–Crippen MR) is 102 cm³/mol. The van der Waals surface area contributed by atoms with Crippen LogP contribution < -0.4 is 10.1 Å². The Balaban J connectivity index is 1.69. The Morgan fingerprint density at radius 3 is 2.80 bits per heavy atom. The van der Waals surface area contributed by atoms with Gasteiger partial charge in [0.2, 0.25) is 5.91 Å². The molecule has 1 N–H and O–H groups in total. The van der Waals surface area contributed by atoms with E-state index in [0.717, 1.165) is 15.9 Å². The van der Waals surface area contributed by atoms with E-state index in [1.165, 1.54) is 11.8 Å². The molecule has 5 nitrogen and oxygen atoms in total. The first-order valence-electron chi connectivity index (χ1n) is 7.56. The Labute approximate surface area is 154 Å². The summed E-state index contributed by atoms with van der Waals surface area (Å²) in [5.41, 5.74) is 1.50. The number of carbonyl (C=O) groups is 1. The highest BCUT2D eigenvalue weighted by Gasteiger charge is 2.10. The molecule has 3 rings (SSSR count). The Hall–Kier alpha value is -2.31. The van der Waals surface area contributed by atoms with Crippen LogP contribution in [0.1, 0.15) is 5.82 Å². The maximum absolute atomic E-state index is 12.2. The van der Waals surface area contributed by atoms with Crippen molar-refractivity contribution in [2.45, 2.75) is 11.9 Å². The number of aryl methyl sites for hydroxylation is 1. The summed E-state index contributed by atoms with van der Waals surface area (Å²) in [6.45, 7) is 1.84. The Bertz CT molecular complexity index is 933. The van der Waals surface area contributed by atoms with Crippen LogP contribution in [0.25, 0.3) is 10.9 Å². The lowest BCUT2D eigenvalue weighted by Gasteiger charge is -2.09. The van der Waals surface area contributed by atoms with Crippen molar-refractivity contribution in [2.24, 2.45) is 0 Å². The Kier molecular flexibility index (Phi) is 5.40. The van der Waals surface area contributed by atoms with Gasteiger partial charge in [-0.15, -0.1) is 0 Å². The van der Waals surface area contributed by atoms with Gasteiger partial charge in [0.25, 0.3) is 0 Å². The molecule has 0 unspecified atom stereocenters. The molecule has 0 aliphatic carbocycles. The van der Waals surface area contributed by atoms with Crippen LogP contribution in [0.3, 0.4) is 0 Å². The number of nitrogens with one attached hydrogen (secondary N) is 1. The Morgan fingerprint density at radius 2 is 2.04 bits per heavy atom. The van der Waals surface area contributed by atoms with E-state index in [1.54, 1.807) is 25.3 Å². The molecule has 0 spiro atoms. The van der Waals surface area contributed by atoms with E-state index < -0.39 is 0 Å². The van der Waals surface area contributed by atoms with Crippen LogP contribution >= 0.6 is 23.4 Å². The van der Waals surface area contributed by atoms with Gasteiger partial charge >= 0.3 is 0 Å². The first-order chi connectivity index (χ1) is 12.1. The van der Waals surface area contributed by atoms with Crippen molar-refractivity contribution in [1.29, 1.82) is 0 Å². The van der Waals surface area contributed by atoms with E-state index in [1.807, 2.05) is 31.2 Å². The van der Waals surface area contributed by atoms with Gasteiger partial charge < -0.3 is 10.1 Å². The fourth-order valence-corrected chi connectivity index (χ4v) is 3.47. The highest BCUT2D eigenvalue weighted by molar-refractivity contribution is 8.00. The first kappa shape index (κ1) is 17.5. The molecule has 1 aromatic heterocycles. The number of benzene rings is 2. The van der Waals surface area contributed by atoms with Crippen molar-refractivity contribution in [1.82, 2.24) is 9.97 Å². The zero-order valence-electron chi connectivity index (χ0n) is 13.7.